The predicted molar refractivity (Wildman–Crippen MR) is 72.6 cm³/mol. The molecule has 0 fully saturated rings. The number of carbonyl (C=O) groups is 1. The minimum absolute atomic E-state index is 0.267. The van der Waals surface area contributed by atoms with Gasteiger partial charge in [0.2, 0.25) is 0 Å². The van der Waals surface area contributed by atoms with Gasteiger partial charge in [-0.3, -0.25) is 0 Å². The molecule has 0 amide bonds. The second-order valence-electron chi connectivity index (χ2n) is 4.72. The molecule has 1 aliphatic heterocycles. The molecular weight excluding hydrogens is 259 g/mol. The standard InChI is InChI=1S/C16H13FO3/c17-14-11(6-2-8-13(14)16(18)19)12-7-1-4-10-5-3-9-20-15(10)12/h1-2,4,6-8H,3,5,9H2,(H,18,19). The van der Waals surface area contributed by atoms with Crippen LogP contribution >= 0.6 is 0 Å². The monoisotopic (exact) mass is 272 g/mol. The number of aromatic carboxylic acids is 1. The number of rotatable bonds is 2. The van der Waals surface area contributed by atoms with E-state index in [0.29, 0.717) is 17.9 Å². The molecule has 0 aromatic heterocycles. The van der Waals surface area contributed by atoms with Crippen LogP contribution in [0.1, 0.15) is 22.3 Å². The summed E-state index contributed by atoms with van der Waals surface area (Å²) in [6.07, 6.45) is 1.83. The summed E-state index contributed by atoms with van der Waals surface area (Å²) in [7, 11) is 0. The van der Waals surface area contributed by atoms with Crippen molar-refractivity contribution in [3.8, 4) is 16.9 Å². The number of aryl methyl sites for hydroxylation is 1. The molecule has 1 N–H and O–H groups in total. The highest BCUT2D eigenvalue weighted by molar-refractivity contribution is 5.90. The highest BCUT2D eigenvalue weighted by atomic mass is 19.1. The van der Waals surface area contributed by atoms with Crippen LogP contribution < -0.4 is 4.74 Å². The first kappa shape index (κ1) is 12.7. The zero-order valence-corrected chi connectivity index (χ0v) is 10.7. The Kier molecular flexibility index (Phi) is 3.14. The quantitative estimate of drug-likeness (QED) is 0.909. The van der Waals surface area contributed by atoms with Crippen LogP contribution in [-0.2, 0) is 6.42 Å². The number of benzene rings is 2. The molecule has 2 aromatic carbocycles. The summed E-state index contributed by atoms with van der Waals surface area (Å²) in [5.41, 5.74) is 1.59. The molecular formula is C16H13FO3. The molecule has 4 heteroatoms. The average Bonchev–Trinajstić information content (AvgIpc) is 2.47. The van der Waals surface area contributed by atoms with Crippen molar-refractivity contribution in [2.24, 2.45) is 0 Å². The third kappa shape index (κ3) is 2.03. The molecule has 0 aliphatic carbocycles. The van der Waals surface area contributed by atoms with Crippen LogP contribution in [0.5, 0.6) is 5.75 Å². The van der Waals surface area contributed by atoms with Crippen LogP contribution in [0.3, 0.4) is 0 Å². The number of hydrogen-bond acceptors (Lipinski definition) is 2. The van der Waals surface area contributed by atoms with Gasteiger partial charge in [-0.05, 0) is 24.5 Å². The lowest BCUT2D eigenvalue weighted by Gasteiger charge is -2.20. The van der Waals surface area contributed by atoms with Crippen molar-refractivity contribution in [2.75, 3.05) is 6.61 Å². The van der Waals surface area contributed by atoms with Crippen LogP contribution in [0.2, 0.25) is 0 Å². The Labute approximate surface area is 115 Å². The third-order valence-electron chi connectivity index (χ3n) is 3.45. The van der Waals surface area contributed by atoms with Gasteiger partial charge in [0, 0.05) is 11.1 Å². The Bertz CT molecular complexity index is 679. The lowest BCUT2D eigenvalue weighted by molar-refractivity contribution is 0.0692. The van der Waals surface area contributed by atoms with Crippen LogP contribution in [0.25, 0.3) is 11.1 Å². The summed E-state index contributed by atoms with van der Waals surface area (Å²) in [6.45, 7) is 0.601. The zero-order valence-electron chi connectivity index (χ0n) is 10.7. The first-order chi connectivity index (χ1) is 9.68. The molecule has 0 bridgehead atoms. The average molecular weight is 272 g/mol. The maximum atomic E-state index is 14.3. The fourth-order valence-corrected chi connectivity index (χ4v) is 2.51. The van der Waals surface area contributed by atoms with Gasteiger partial charge in [0.15, 0.2) is 0 Å². The minimum atomic E-state index is -1.27. The second kappa shape index (κ2) is 4.96. The number of carboxylic acid groups (broad SMARTS) is 1. The van der Waals surface area contributed by atoms with Gasteiger partial charge in [-0.15, -0.1) is 0 Å². The first-order valence-electron chi connectivity index (χ1n) is 6.45. The maximum absolute atomic E-state index is 14.3. The highest BCUT2D eigenvalue weighted by Gasteiger charge is 2.20. The van der Waals surface area contributed by atoms with E-state index in [1.54, 1.807) is 18.2 Å². The van der Waals surface area contributed by atoms with Crippen LogP contribution in [0.4, 0.5) is 4.39 Å². The Morgan fingerprint density at radius 3 is 2.70 bits per heavy atom. The van der Waals surface area contributed by atoms with E-state index in [2.05, 4.69) is 0 Å². The van der Waals surface area contributed by atoms with E-state index in [4.69, 9.17) is 9.84 Å². The predicted octanol–water partition coefficient (Wildman–Crippen LogP) is 3.52. The van der Waals surface area contributed by atoms with Crippen LogP contribution in [0, 0.1) is 5.82 Å². The van der Waals surface area contributed by atoms with Gasteiger partial charge < -0.3 is 9.84 Å². The number of carboxylic acids is 1. The van der Waals surface area contributed by atoms with Gasteiger partial charge in [0.1, 0.15) is 11.6 Å². The zero-order chi connectivity index (χ0) is 14.1. The fraction of sp³-hybridized carbons (Fsp3) is 0.188. The molecule has 3 nitrogen and oxygen atoms in total. The van der Waals surface area contributed by atoms with Gasteiger partial charge in [-0.1, -0.05) is 30.3 Å². The lowest BCUT2D eigenvalue weighted by Crippen LogP contribution is -2.10. The molecule has 2 aromatic rings. The second-order valence-corrected chi connectivity index (χ2v) is 4.72. The molecule has 0 saturated heterocycles. The van der Waals surface area contributed by atoms with Crippen LogP contribution in [0.15, 0.2) is 36.4 Å². The molecule has 1 aliphatic rings. The molecule has 3 rings (SSSR count). The molecule has 1 heterocycles. The van der Waals surface area contributed by atoms with Crippen molar-refractivity contribution in [2.45, 2.75) is 12.8 Å². The highest BCUT2D eigenvalue weighted by Crippen LogP contribution is 2.37. The van der Waals surface area contributed by atoms with E-state index in [-0.39, 0.29) is 11.1 Å². The third-order valence-corrected chi connectivity index (χ3v) is 3.45. The fourth-order valence-electron chi connectivity index (χ4n) is 2.51. The van der Waals surface area contributed by atoms with Crippen molar-refractivity contribution in [1.29, 1.82) is 0 Å². The SMILES string of the molecule is O=C(O)c1cccc(-c2cccc3c2OCCC3)c1F. The summed E-state index contributed by atoms with van der Waals surface area (Å²) in [5.74, 6) is -1.32. The minimum Gasteiger partial charge on any atom is -0.493 e. The normalized spacial score (nSPS) is 13.4. The van der Waals surface area contributed by atoms with Crippen molar-refractivity contribution >= 4 is 5.97 Å². The van der Waals surface area contributed by atoms with E-state index < -0.39 is 11.8 Å². The summed E-state index contributed by atoms with van der Waals surface area (Å²) in [6, 6.07) is 9.94. The number of fused-ring (bicyclic) bond motifs is 1. The Morgan fingerprint density at radius 1 is 1.15 bits per heavy atom. The molecule has 102 valence electrons. The Morgan fingerprint density at radius 2 is 1.90 bits per heavy atom. The van der Waals surface area contributed by atoms with Crippen LogP contribution in [-0.4, -0.2) is 17.7 Å². The van der Waals surface area contributed by atoms with Gasteiger partial charge in [-0.2, -0.15) is 0 Å². The Balaban J connectivity index is 2.19. The number of halogens is 1. The largest absolute Gasteiger partial charge is 0.493 e. The Hall–Kier alpha value is -2.36. The number of hydrogen-bond donors (Lipinski definition) is 1. The molecule has 0 spiro atoms. The van der Waals surface area contributed by atoms with Crippen molar-refractivity contribution in [3.05, 3.63) is 53.3 Å². The molecule has 0 radical (unpaired) electrons. The van der Waals surface area contributed by atoms with Gasteiger partial charge in [-0.25, -0.2) is 9.18 Å². The van der Waals surface area contributed by atoms with Gasteiger partial charge in [0.05, 0.1) is 12.2 Å². The number of ether oxygens (including phenoxy) is 1. The smallest absolute Gasteiger partial charge is 0.338 e. The molecule has 0 atom stereocenters. The van der Waals surface area contributed by atoms with Crippen molar-refractivity contribution in [3.63, 3.8) is 0 Å². The van der Waals surface area contributed by atoms with Gasteiger partial charge in [0.25, 0.3) is 0 Å². The van der Waals surface area contributed by atoms with Gasteiger partial charge >= 0.3 is 5.97 Å². The molecule has 20 heavy (non-hydrogen) atoms. The summed E-state index contributed by atoms with van der Waals surface area (Å²) in [4.78, 5) is 11.0. The van der Waals surface area contributed by atoms with E-state index in [9.17, 15) is 9.18 Å². The lowest BCUT2D eigenvalue weighted by atomic mass is 9.96. The topological polar surface area (TPSA) is 46.5 Å². The molecule has 0 saturated carbocycles. The van der Waals surface area contributed by atoms with Crippen molar-refractivity contribution in [1.82, 2.24) is 0 Å². The summed E-state index contributed by atoms with van der Waals surface area (Å²) >= 11 is 0. The van der Waals surface area contributed by atoms with Crippen molar-refractivity contribution < 1.29 is 19.0 Å². The molecule has 0 unspecified atom stereocenters. The van der Waals surface area contributed by atoms with E-state index >= 15 is 0 Å². The maximum Gasteiger partial charge on any atom is 0.338 e. The first-order valence-corrected chi connectivity index (χ1v) is 6.45. The number of para-hydroxylation sites is 1. The summed E-state index contributed by atoms with van der Waals surface area (Å²) in [5, 5.41) is 9.00. The van der Waals surface area contributed by atoms with E-state index in [0.717, 1.165) is 18.4 Å². The van der Waals surface area contributed by atoms with E-state index in [1.165, 1.54) is 6.07 Å². The summed E-state index contributed by atoms with van der Waals surface area (Å²) < 4.78 is 20.0. The van der Waals surface area contributed by atoms with E-state index in [1.807, 2.05) is 12.1 Å².